The molecule has 0 saturated carbocycles. The lowest BCUT2D eigenvalue weighted by molar-refractivity contribution is -0.115. The quantitative estimate of drug-likeness (QED) is 0.569. The summed E-state index contributed by atoms with van der Waals surface area (Å²) in [5.74, 6) is 1.06. The number of ether oxygens (including phenoxy) is 2. The molecule has 0 saturated heterocycles. The number of ketones is 1. The van der Waals surface area contributed by atoms with E-state index in [9.17, 15) is 9.59 Å². The summed E-state index contributed by atoms with van der Waals surface area (Å²) in [5.41, 5.74) is 2.98. The minimum atomic E-state index is -0.193. The van der Waals surface area contributed by atoms with E-state index in [4.69, 9.17) is 9.47 Å². The Balaban J connectivity index is 1.59. The largest absolute Gasteiger partial charge is 0.496 e. The number of methoxy groups -OCH3 is 1. The van der Waals surface area contributed by atoms with Gasteiger partial charge in [-0.15, -0.1) is 0 Å². The van der Waals surface area contributed by atoms with E-state index in [2.05, 4.69) is 5.32 Å². The van der Waals surface area contributed by atoms with Gasteiger partial charge in [-0.05, 0) is 55.0 Å². The van der Waals surface area contributed by atoms with E-state index in [1.54, 1.807) is 37.4 Å². The minimum Gasteiger partial charge on any atom is -0.496 e. The van der Waals surface area contributed by atoms with Gasteiger partial charge in [0, 0.05) is 16.8 Å². The first-order valence-electron chi connectivity index (χ1n) is 9.29. The second kappa shape index (κ2) is 9.55. The van der Waals surface area contributed by atoms with Crippen molar-refractivity contribution in [3.05, 3.63) is 89.5 Å². The Bertz CT molecular complexity index is 982. The van der Waals surface area contributed by atoms with Gasteiger partial charge in [-0.3, -0.25) is 9.59 Å². The number of rotatable bonds is 8. The van der Waals surface area contributed by atoms with Crippen molar-refractivity contribution in [2.75, 3.05) is 12.4 Å². The maximum Gasteiger partial charge on any atom is 0.228 e. The molecular weight excluding hydrogens is 366 g/mol. The van der Waals surface area contributed by atoms with Crippen LogP contribution in [0, 0.1) is 0 Å². The summed E-state index contributed by atoms with van der Waals surface area (Å²) in [4.78, 5) is 24.0. The highest BCUT2D eigenvalue weighted by Gasteiger charge is 2.12. The number of hydrogen-bond donors (Lipinski definition) is 1. The Kier molecular flexibility index (Phi) is 6.63. The molecule has 3 aromatic carbocycles. The molecule has 0 spiro atoms. The number of carbonyl (C=O) groups excluding carboxylic acids is 2. The molecule has 0 bridgehead atoms. The predicted molar refractivity (Wildman–Crippen MR) is 113 cm³/mol. The number of Topliss-reactive ketones (excluding diaryl/α,β-unsaturated/α-hetero) is 1. The molecule has 1 amide bonds. The van der Waals surface area contributed by atoms with Crippen LogP contribution in [0.4, 0.5) is 5.69 Å². The van der Waals surface area contributed by atoms with Gasteiger partial charge in [-0.1, -0.05) is 30.3 Å². The Morgan fingerprint density at radius 1 is 0.931 bits per heavy atom. The van der Waals surface area contributed by atoms with Crippen molar-refractivity contribution in [1.29, 1.82) is 0 Å². The van der Waals surface area contributed by atoms with Gasteiger partial charge in [0.15, 0.2) is 5.78 Å². The van der Waals surface area contributed by atoms with Crippen LogP contribution in [0.2, 0.25) is 0 Å². The molecule has 0 radical (unpaired) electrons. The molecule has 5 heteroatoms. The maximum absolute atomic E-state index is 12.4. The molecule has 3 rings (SSSR count). The van der Waals surface area contributed by atoms with Crippen molar-refractivity contribution in [1.82, 2.24) is 0 Å². The molecule has 1 N–H and O–H groups in total. The zero-order chi connectivity index (χ0) is 20.6. The average Bonchev–Trinajstić information content (AvgIpc) is 2.74. The summed E-state index contributed by atoms with van der Waals surface area (Å²) in [6, 6.07) is 22.2. The molecule has 0 aliphatic rings. The molecule has 29 heavy (non-hydrogen) atoms. The molecule has 148 valence electrons. The monoisotopic (exact) mass is 389 g/mol. The van der Waals surface area contributed by atoms with Crippen molar-refractivity contribution in [3.8, 4) is 11.5 Å². The number of amides is 1. The minimum absolute atomic E-state index is 0.0552. The topological polar surface area (TPSA) is 64.6 Å². The Morgan fingerprint density at radius 3 is 2.31 bits per heavy atom. The Hall–Kier alpha value is -3.60. The summed E-state index contributed by atoms with van der Waals surface area (Å²) in [6.07, 6.45) is 0.108. The third kappa shape index (κ3) is 5.69. The van der Waals surface area contributed by atoms with Gasteiger partial charge in [-0.25, -0.2) is 0 Å². The van der Waals surface area contributed by atoms with Crippen LogP contribution in [0.3, 0.4) is 0 Å². The number of benzene rings is 3. The van der Waals surface area contributed by atoms with Crippen molar-refractivity contribution in [2.24, 2.45) is 0 Å². The first-order valence-corrected chi connectivity index (χ1v) is 9.29. The molecule has 3 aromatic rings. The van der Waals surface area contributed by atoms with Crippen LogP contribution in [0.1, 0.15) is 28.4 Å². The molecule has 0 atom stereocenters. The lowest BCUT2D eigenvalue weighted by Gasteiger charge is -2.11. The Morgan fingerprint density at radius 2 is 1.66 bits per heavy atom. The first kappa shape index (κ1) is 20.1. The third-order valence-corrected chi connectivity index (χ3v) is 4.42. The van der Waals surface area contributed by atoms with E-state index >= 15 is 0 Å². The van der Waals surface area contributed by atoms with Gasteiger partial charge in [0.25, 0.3) is 0 Å². The molecule has 5 nitrogen and oxygen atoms in total. The highest BCUT2D eigenvalue weighted by Crippen LogP contribution is 2.22. The van der Waals surface area contributed by atoms with Gasteiger partial charge in [0.2, 0.25) is 5.91 Å². The van der Waals surface area contributed by atoms with Gasteiger partial charge in [0.1, 0.15) is 18.1 Å². The van der Waals surface area contributed by atoms with Crippen molar-refractivity contribution in [3.63, 3.8) is 0 Å². The van der Waals surface area contributed by atoms with E-state index in [1.165, 1.54) is 6.92 Å². The van der Waals surface area contributed by atoms with Crippen LogP contribution < -0.4 is 14.8 Å². The molecule has 0 fully saturated rings. The van der Waals surface area contributed by atoms with Crippen LogP contribution in [-0.4, -0.2) is 18.8 Å². The number of anilines is 1. The van der Waals surface area contributed by atoms with Crippen molar-refractivity contribution >= 4 is 17.4 Å². The number of carbonyl (C=O) groups is 2. The summed E-state index contributed by atoms with van der Waals surface area (Å²) in [7, 11) is 1.54. The van der Waals surface area contributed by atoms with Crippen LogP contribution in [0.25, 0.3) is 0 Å². The number of hydrogen-bond acceptors (Lipinski definition) is 4. The highest BCUT2D eigenvalue weighted by molar-refractivity contribution is 5.96. The fourth-order valence-electron chi connectivity index (χ4n) is 2.89. The summed E-state index contributed by atoms with van der Waals surface area (Å²) >= 11 is 0. The molecule has 0 aromatic heterocycles. The molecule has 0 aliphatic carbocycles. The molecule has 0 heterocycles. The molecule has 0 aliphatic heterocycles. The van der Waals surface area contributed by atoms with Crippen molar-refractivity contribution in [2.45, 2.75) is 20.0 Å². The summed E-state index contributed by atoms with van der Waals surface area (Å²) in [6.45, 7) is 1.98. The van der Waals surface area contributed by atoms with Crippen LogP contribution in [0.15, 0.2) is 72.8 Å². The zero-order valence-corrected chi connectivity index (χ0v) is 16.5. The molecule has 0 unspecified atom stereocenters. The van der Waals surface area contributed by atoms with Crippen molar-refractivity contribution < 1.29 is 19.1 Å². The first-order chi connectivity index (χ1) is 14.0. The standard InChI is InChI=1S/C24H23NO4/c1-17(26)19-8-13-23(28-2)20(14-19)15-24(27)25-21-9-11-22(12-10-21)29-16-18-6-4-3-5-7-18/h3-14H,15-16H2,1-2H3,(H,25,27). The molecular formula is C24H23NO4. The Labute approximate surface area is 170 Å². The second-order valence-electron chi connectivity index (χ2n) is 6.61. The number of nitrogens with one attached hydrogen (secondary N) is 1. The lowest BCUT2D eigenvalue weighted by atomic mass is 10.0. The lowest BCUT2D eigenvalue weighted by Crippen LogP contribution is -2.15. The van der Waals surface area contributed by atoms with Crippen LogP contribution in [-0.2, 0) is 17.8 Å². The van der Waals surface area contributed by atoms with Gasteiger partial charge in [-0.2, -0.15) is 0 Å². The third-order valence-electron chi connectivity index (χ3n) is 4.42. The van der Waals surface area contributed by atoms with E-state index in [1.807, 2.05) is 42.5 Å². The average molecular weight is 389 g/mol. The highest BCUT2D eigenvalue weighted by atomic mass is 16.5. The van der Waals surface area contributed by atoms with E-state index in [-0.39, 0.29) is 18.1 Å². The van der Waals surface area contributed by atoms with Crippen LogP contribution >= 0.6 is 0 Å². The van der Waals surface area contributed by atoms with Gasteiger partial charge in [0.05, 0.1) is 13.5 Å². The summed E-state index contributed by atoms with van der Waals surface area (Å²) < 4.78 is 11.1. The summed E-state index contributed by atoms with van der Waals surface area (Å²) in [5, 5.41) is 2.86. The van der Waals surface area contributed by atoms with E-state index in [0.717, 1.165) is 11.3 Å². The van der Waals surface area contributed by atoms with E-state index < -0.39 is 0 Å². The smallest absolute Gasteiger partial charge is 0.228 e. The van der Waals surface area contributed by atoms with Gasteiger partial charge >= 0.3 is 0 Å². The predicted octanol–water partition coefficient (Wildman–Crippen LogP) is 4.66. The fourth-order valence-corrected chi connectivity index (χ4v) is 2.89. The second-order valence-corrected chi connectivity index (χ2v) is 6.61. The SMILES string of the molecule is COc1ccc(C(C)=O)cc1CC(=O)Nc1ccc(OCc2ccccc2)cc1. The van der Waals surface area contributed by atoms with Gasteiger partial charge < -0.3 is 14.8 Å². The fraction of sp³-hybridized carbons (Fsp3) is 0.167. The van der Waals surface area contributed by atoms with E-state index in [0.29, 0.717) is 29.2 Å². The maximum atomic E-state index is 12.4. The van der Waals surface area contributed by atoms with Crippen LogP contribution in [0.5, 0.6) is 11.5 Å². The zero-order valence-electron chi connectivity index (χ0n) is 16.5. The normalized spacial score (nSPS) is 10.3.